The molecule has 6 heteroatoms. The van der Waals surface area contributed by atoms with E-state index in [0.717, 1.165) is 42.0 Å². The molecule has 2 atom stereocenters. The summed E-state index contributed by atoms with van der Waals surface area (Å²) in [7, 11) is 0. The topological polar surface area (TPSA) is 62.8 Å². The van der Waals surface area contributed by atoms with Gasteiger partial charge in [0.15, 0.2) is 0 Å². The first-order valence-electron chi connectivity index (χ1n) is 7.21. The Hall–Kier alpha value is -1.40. The van der Waals surface area contributed by atoms with E-state index in [9.17, 15) is 0 Å². The number of halogens is 1. The van der Waals surface area contributed by atoms with E-state index < -0.39 is 0 Å². The highest BCUT2D eigenvalue weighted by atomic mass is 79.9. The minimum atomic E-state index is 0.0882. The van der Waals surface area contributed by atoms with Gasteiger partial charge in [0.1, 0.15) is 11.9 Å². The molecule has 0 aromatic carbocycles. The SMILES string of the molecule is Cc1cc(NC[C@@H]2CCCO[C@H]2c2ccn[nH]2)ncc1Br. The Balaban J connectivity index is 1.66. The van der Waals surface area contributed by atoms with Crippen molar-refractivity contribution in [2.24, 2.45) is 5.92 Å². The highest BCUT2D eigenvalue weighted by Gasteiger charge is 2.28. The Morgan fingerprint density at radius 3 is 3.19 bits per heavy atom. The van der Waals surface area contributed by atoms with E-state index in [4.69, 9.17) is 4.74 Å². The van der Waals surface area contributed by atoms with Gasteiger partial charge in [-0.3, -0.25) is 5.10 Å². The standard InChI is InChI=1S/C15H19BrN4O/c1-10-7-14(18-9-12(10)16)17-8-11-3-2-6-21-15(11)13-4-5-19-20-13/h4-5,7,9,11,15H,2-3,6,8H2,1H3,(H,17,18)(H,19,20)/t11-,15+/m0/s1. The molecule has 0 aliphatic carbocycles. The summed E-state index contributed by atoms with van der Waals surface area (Å²) in [5.74, 6) is 1.33. The van der Waals surface area contributed by atoms with E-state index >= 15 is 0 Å². The lowest BCUT2D eigenvalue weighted by Gasteiger charge is -2.31. The van der Waals surface area contributed by atoms with E-state index in [1.54, 1.807) is 6.20 Å². The van der Waals surface area contributed by atoms with Gasteiger partial charge in [0.25, 0.3) is 0 Å². The average Bonchev–Trinajstić information content (AvgIpc) is 3.03. The van der Waals surface area contributed by atoms with Gasteiger partial charge in [-0.2, -0.15) is 5.10 Å². The number of aromatic amines is 1. The van der Waals surface area contributed by atoms with E-state index in [2.05, 4.69) is 49.4 Å². The molecule has 2 aromatic heterocycles. The molecule has 3 heterocycles. The summed E-state index contributed by atoms with van der Waals surface area (Å²) in [5.41, 5.74) is 2.24. The Bertz CT molecular complexity index is 587. The molecule has 0 unspecified atom stereocenters. The van der Waals surface area contributed by atoms with Crippen molar-refractivity contribution in [2.45, 2.75) is 25.9 Å². The second kappa shape index (κ2) is 6.58. The molecule has 0 radical (unpaired) electrons. The molecule has 2 aromatic rings. The Morgan fingerprint density at radius 2 is 2.43 bits per heavy atom. The third-order valence-electron chi connectivity index (χ3n) is 3.87. The number of hydrogen-bond acceptors (Lipinski definition) is 4. The number of hydrogen-bond donors (Lipinski definition) is 2. The zero-order chi connectivity index (χ0) is 14.7. The first-order valence-corrected chi connectivity index (χ1v) is 8.00. The highest BCUT2D eigenvalue weighted by molar-refractivity contribution is 9.10. The first-order chi connectivity index (χ1) is 10.2. The van der Waals surface area contributed by atoms with Gasteiger partial charge in [-0.15, -0.1) is 0 Å². The van der Waals surface area contributed by atoms with Gasteiger partial charge in [0, 0.05) is 35.9 Å². The van der Waals surface area contributed by atoms with Gasteiger partial charge in [-0.25, -0.2) is 4.98 Å². The van der Waals surface area contributed by atoms with Crippen molar-refractivity contribution < 1.29 is 4.74 Å². The fourth-order valence-corrected chi connectivity index (χ4v) is 2.91. The van der Waals surface area contributed by atoms with Crippen LogP contribution in [0, 0.1) is 12.8 Å². The number of aromatic nitrogens is 3. The Labute approximate surface area is 132 Å². The predicted octanol–water partition coefficient (Wildman–Crippen LogP) is 3.46. The molecule has 3 rings (SSSR count). The third-order valence-corrected chi connectivity index (χ3v) is 4.70. The van der Waals surface area contributed by atoms with Gasteiger partial charge < -0.3 is 10.1 Å². The zero-order valence-corrected chi connectivity index (χ0v) is 13.6. The number of H-pyrrole nitrogens is 1. The molecule has 1 fully saturated rings. The maximum absolute atomic E-state index is 5.93. The van der Waals surface area contributed by atoms with E-state index in [1.807, 2.05) is 12.3 Å². The minimum Gasteiger partial charge on any atom is -0.372 e. The lowest BCUT2D eigenvalue weighted by molar-refractivity contribution is -0.0264. The monoisotopic (exact) mass is 350 g/mol. The molecular weight excluding hydrogens is 332 g/mol. The molecule has 1 saturated heterocycles. The largest absolute Gasteiger partial charge is 0.372 e. The van der Waals surface area contributed by atoms with Crippen molar-refractivity contribution in [3.05, 3.63) is 40.3 Å². The lowest BCUT2D eigenvalue weighted by Crippen LogP contribution is -2.28. The zero-order valence-electron chi connectivity index (χ0n) is 12.0. The van der Waals surface area contributed by atoms with Crippen LogP contribution in [0.25, 0.3) is 0 Å². The molecule has 2 N–H and O–H groups in total. The van der Waals surface area contributed by atoms with Gasteiger partial charge in [0.2, 0.25) is 0 Å². The number of aryl methyl sites for hydroxylation is 1. The summed E-state index contributed by atoms with van der Waals surface area (Å²) in [4.78, 5) is 4.39. The molecule has 0 spiro atoms. The molecular formula is C15H19BrN4O. The fraction of sp³-hybridized carbons (Fsp3) is 0.467. The van der Waals surface area contributed by atoms with Crippen LogP contribution in [0.1, 0.15) is 30.2 Å². The van der Waals surface area contributed by atoms with Crippen molar-refractivity contribution in [3.63, 3.8) is 0 Å². The molecule has 0 saturated carbocycles. The van der Waals surface area contributed by atoms with Crippen molar-refractivity contribution in [1.29, 1.82) is 0 Å². The molecule has 1 aliphatic rings. The first kappa shape index (κ1) is 14.5. The minimum absolute atomic E-state index is 0.0882. The number of anilines is 1. The maximum Gasteiger partial charge on any atom is 0.126 e. The normalized spacial score (nSPS) is 22.2. The van der Waals surface area contributed by atoms with Gasteiger partial charge in [-0.05, 0) is 53.4 Å². The predicted molar refractivity (Wildman–Crippen MR) is 85.2 cm³/mol. The third kappa shape index (κ3) is 3.44. The van der Waals surface area contributed by atoms with Gasteiger partial charge in [0.05, 0.1) is 5.69 Å². The number of rotatable bonds is 4. The smallest absolute Gasteiger partial charge is 0.126 e. The number of nitrogens with one attached hydrogen (secondary N) is 2. The lowest BCUT2D eigenvalue weighted by atomic mass is 9.92. The second-order valence-corrected chi connectivity index (χ2v) is 6.26. The molecule has 21 heavy (non-hydrogen) atoms. The van der Waals surface area contributed by atoms with Crippen LogP contribution in [0.5, 0.6) is 0 Å². The van der Waals surface area contributed by atoms with Crippen LogP contribution in [0.15, 0.2) is 29.0 Å². The van der Waals surface area contributed by atoms with Crippen molar-refractivity contribution in [2.75, 3.05) is 18.5 Å². The van der Waals surface area contributed by atoms with Gasteiger partial charge in [-0.1, -0.05) is 0 Å². The summed E-state index contributed by atoms with van der Waals surface area (Å²) in [5, 5.41) is 10.5. The number of nitrogens with zero attached hydrogens (tertiary/aromatic N) is 2. The fourth-order valence-electron chi connectivity index (χ4n) is 2.69. The Kier molecular flexibility index (Phi) is 4.55. The Morgan fingerprint density at radius 1 is 1.52 bits per heavy atom. The van der Waals surface area contributed by atoms with Crippen molar-refractivity contribution in [3.8, 4) is 0 Å². The van der Waals surface area contributed by atoms with E-state index in [1.165, 1.54) is 5.56 Å². The summed E-state index contributed by atoms with van der Waals surface area (Å²) >= 11 is 3.47. The van der Waals surface area contributed by atoms with Crippen molar-refractivity contribution in [1.82, 2.24) is 15.2 Å². The second-order valence-electron chi connectivity index (χ2n) is 5.41. The molecule has 5 nitrogen and oxygen atoms in total. The number of ether oxygens (including phenoxy) is 1. The summed E-state index contributed by atoms with van der Waals surface area (Å²) in [6.07, 6.45) is 5.94. The maximum atomic E-state index is 5.93. The highest BCUT2D eigenvalue weighted by Crippen LogP contribution is 2.32. The van der Waals surface area contributed by atoms with Gasteiger partial charge >= 0.3 is 0 Å². The van der Waals surface area contributed by atoms with Crippen LogP contribution in [-0.4, -0.2) is 28.3 Å². The van der Waals surface area contributed by atoms with Crippen LogP contribution in [-0.2, 0) is 4.74 Å². The molecule has 1 aliphatic heterocycles. The molecule has 0 bridgehead atoms. The van der Waals surface area contributed by atoms with Crippen LogP contribution >= 0.6 is 15.9 Å². The van der Waals surface area contributed by atoms with Crippen LogP contribution in [0.2, 0.25) is 0 Å². The molecule has 0 amide bonds. The van der Waals surface area contributed by atoms with Crippen molar-refractivity contribution >= 4 is 21.7 Å². The molecule has 112 valence electrons. The summed E-state index contributed by atoms with van der Waals surface area (Å²) in [6, 6.07) is 4.05. The summed E-state index contributed by atoms with van der Waals surface area (Å²) in [6.45, 7) is 3.72. The van der Waals surface area contributed by atoms with Crippen LogP contribution in [0.3, 0.4) is 0 Å². The van der Waals surface area contributed by atoms with Crippen LogP contribution < -0.4 is 5.32 Å². The van der Waals surface area contributed by atoms with Crippen LogP contribution in [0.4, 0.5) is 5.82 Å². The quantitative estimate of drug-likeness (QED) is 0.886. The summed E-state index contributed by atoms with van der Waals surface area (Å²) < 4.78 is 6.96. The average molecular weight is 351 g/mol. The number of pyridine rings is 1. The van der Waals surface area contributed by atoms with E-state index in [-0.39, 0.29) is 6.10 Å². The van der Waals surface area contributed by atoms with E-state index in [0.29, 0.717) is 5.92 Å².